The zero-order chi connectivity index (χ0) is 31.9. The van der Waals surface area contributed by atoms with Gasteiger partial charge in [0, 0.05) is 30.3 Å². The van der Waals surface area contributed by atoms with Gasteiger partial charge in [0.25, 0.3) is 11.8 Å². The lowest BCUT2D eigenvalue weighted by molar-refractivity contribution is -0.148. The molecular formula is C34H39N5O5S. The van der Waals surface area contributed by atoms with Crippen molar-refractivity contribution in [3.05, 3.63) is 68.5 Å². The summed E-state index contributed by atoms with van der Waals surface area (Å²) in [5.74, 6) is 0.135. The topological polar surface area (TPSA) is 131 Å². The Bertz CT molecular complexity index is 1760. The quantitative estimate of drug-likeness (QED) is 0.272. The largest absolute Gasteiger partial charge is 0.457 e. The molecule has 0 unspecified atom stereocenters. The van der Waals surface area contributed by atoms with Crippen LogP contribution in [-0.2, 0) is 16.0 Å². The Hall–Kier alpha value is -4.12. The first-order valence-corrected chi connectivity index (χ1v) is 16.4. The summed E-state index contributed by atoms with van der Waals surface area (Å²) >= 11 is 1.29. The third-order valence-corrected chi connectivity index (χ3v) is 9.79. The van der Waals surface area contributed by atoms with E-state index in [0.717, 1.165) is 36.8 Å². The van der Waals surface area contributed by atoms with Crippen molar-refractivity contribution >= 4 is 50.8 Å². The lowest BCUT2D eigenvalue weighted by Gasteiger charge is -2.41. The maximum atomic E-state index is 13.5. The first-order valence-electron chi connectivity index (χ1n) is 15.6. The Morgan fingerprint density at radius 3 is 2.62 bits per heavy atom. The van der Waals surface area contributed by atoms with Gasteiger partial charge in [-0.05, 0) is 88.6 Å². The van der Waals surface area contributed by atoms with E-state index >= 15 is 0 Å². The number of nitrogens with one attached hydrogen (secondary N) is 2. The van der Waals surface area contributed by atoms with Crippen LogP contribution in [0.1, 0.15) is 90.5 Å². The number of hydrogen-bond acceptors (Lipinski definition) is 9. The molecule has 11 heteroatoms. The van der Waals surface area contributed by atoms with Crippen molar-refractivity contribution in [3.63, 3.8) is 0 Å². The maximum Gasteiger partial charge on any atom is 0.330 e. The number of ether oxygens (including phenoxy) is 1. The highest BCUT2D eigenvalue weighted by atomic mass is 32.1. The monoisotopic (exact) mass is 629 g/mol. The van der Waals surface area contributed by atoms with Gasteiger partial charge in [0.05, 0.1) is 16.0 Å². The highest BCUT2D eigenvalue weighted by Gasteiger charge is 2.39. The minimum Gasteiger partial charge on any atom is -0.457 e. The van der Waals surface area contributed by atoms with Gasteiger partial charge >= 0.3 is 5.97 Å². The molecular weight excluding hydrogens is 590 g/mol. The summed E-state index contributed by atoms with van der Waals surface area (Å²) in [4.78, 5) is 63.7. The zero-order valence-electron chi connectivity index (χ0n) is 26.2. The molecule has 3 aliphatic rings. The molecule has 1 aliphatic carbocycles. The average Bonchev–Trinajstić information content (AvgIpc) is 3.33. The Morgan fingerprint density at radius 2 is 1.89 bits per heavy atom. The maximum absolute atomic E-state index is 13.5. The van der Waals surface area contributed by atoms with Crippen molar-refractivity contribution in [3.8, 4) is 0 Å². The third-order valence-electron chi connectivity index (χ3n) is 8.76. The molecule has 0 radical (unpaired) electrons. The van der Waals surface area contributed by atoms with E-state index in [1.54, 1.807) is 29.2 Å². The summed E-state index contributed by atoms with van der Waals surface area (Å²) < 4.78 is 5.29. The number of carbonyl (C=O) groups is 3. The number of esters is 1. The van der Waals surface area contributed by atoms with Crippen LogP contribution in [0.25, 0.3) is 10.2 Å². The number of aryl methyl sites for hydroxylation is 1. The minimum atomic E-state index is -0.532. The number of thiophene rings is 1. The number of aromatic nitrogens is 2. The van der Waals surface area contributed by atoms with Gasteiger partial charge in [-0.2, -0.15) is 0 Å². The molecule has 1 aromatic carbocycles. The van der Waals surface area contributed by atoms with Crippen LogP contribution in [0.15, 0.2) is 41.5 Å². The molecule has 6 rings (SSSR count). The highest BCUT2D eigenvalue weighted by Crippen LogP contribution is 2.36. The highest BCUT2D eigenvalue weighted by molar-refractivity contribution is 7.20. The van der Waals surface area contributed by atoms with Crippen LogP contribution in [-0.4, -0.2) is 56.9 Å². The summed E-state index contributed by atoms with van der Waals surface area (Å²) in [5, 5.41) is 7.11. The first kappa shape index (κ1) is 30.9. The number of anilines is 2. The standard InChI is InChI=1S/C34H39N5O5S/c1-20-13-24(25(40)14-22-16-34(11-6-5-7-12-34)38-30(42)28(20)22)37-29-23-15-26(45-31(23)36-19-35-29)32(43)39-17-21(18-39)9-8-10-27(41)44-33(2,3)4/h8,10,13-15,19,21H,5-7,9,11-12,16-18H2,1-4H3,(H,38,42)(H,35,36,37,40)/b10-8+. The van der Waals surface area contributed by atoms with Crippen molar-refractivity contribution in [2.75, 3.05) is 18.4 Å². The van der Waals surface area contributed by atoms with Gasteiger partial charge in [-0.3, -0.25) is 14.4 Å². The van der Waals surface area contributed by atoms with Gasteiger partial charge in [0.2, 0.25) is 5.43 Å². The summed E-state index contributed by atoms with van der Waals surface area (Å²) in [6.07, 6.45) is 11.2. The van der Waals surface area contributed by atoms with Crippen molar-refractivity contribution in [1.29, 1.82) is 0 Å². The number of hydrogen-bond donors (Lipinski definition) is 2. The molecule has 45 heavy (non-hydrogen) atoms. The molecule has 4 heterocycles. The van der Waals surface area contributed by atoms with Gasteiger partial charge in [-0.15, -0.1) is 11.3 Å². The number of fused-ring (bicyclic) bond motifs is 2. The van der Waals surface area contributed by atoms with E-state index in [-0.39, 0.29) is 34.7 Å². The van der Waals surface area contributed by atoms with Crippen LogP contribution in [0.2, 0.25) is 0 Å². The number of carbonyl (C=O) groups excluding carboxylic acids is 3. The Kier molecular flexibility index (Phi) is 8.24. The lowest BCUT2D eigenvalue weighted by Crippen LogP contribution is -2.54. The Balaban J connectivity index is 1.16. The Labute approximate surface area is 266 Å². The van der Waals surface area contributed by atoms with Crippen LogP contribution in [0, 0.1) is 12.8 Å². The Morgan fingerprint density at radius 1 is 1.13 bits per heavy atom. The van der Waals surface area contributed by atoms with Crippen molar-refractivity contribution in [1.82, 2.24) is 20.2 Å². The molecule has 10 nitrogen and oxygen atoms in total. The molecule has 1 spiro atoms. The van der Waals surface area contributed by atoms with Gasteiger partial charge in [-0.1, -0.05) is 25.3 Å². The number of nitrogens with zero attached hydrogens (tertiary/aromatic N) is 3. The molecule has 0 bridgehead atoms. The van der Waals surface area contributed by atoms with E-state index in [9.17, 15) is 19.2 Å². The normalized spacial score (nSPS) is 18.0. The molecule has 2 amide bonds. The molecule has 0 atom stereocenters. The van der Waals surface area contributed by atoms with Crippen LogP contribution in [0.4, 0.5) is 11.5 Å². The fourth-order valence-electron chi connectivity index (χ4n) is 6.65. The lowest BCUT2D eigenvalue weighted by atomic mass is 9.74. The minimum absolute atomic E-state index is 0.0851. The number of likely N-dealkylation sites (tertiary alicyclic amines) is 1. The van der Waals surface area contributed by atoms with Crippen LogP contribution < -0.4 is 16.1 Å². The molecule has 2 aromatic heterocycles. The molecule has 3 aromatic rings. The predicted molar refractivity (Wildman–Crippen MR) is 174 cm³/mol. The smallest absolute Gasteiger partial charge is 0.330 e. The van der Waals surface area contributed by atoms with Gasteiger partial charge in [0.1, 0.15) is 22.6 Å². The number of allylic oxidation sites excluding steroid dienone is 1. The predicted octanol–water partition coefficient (Wildman–Crippen LogP) is 5.45. The molecule has 2 fully saturated rings. The van der Waals surface area contributed by atoms with E-state index in [1.807, 2.05) is 27.7 Å². The fourth-order valence-corrected chi connectivity index (χ4v) is 7.61. The second-order valence-corrected chi connectivity index (χ2v) is 14.6. The van der Waals surface area contributed by atoms with Crippen LogP contribution in [0.3, 0.4) is 0 Å². The number of rotatable bonds is 6. The molecule has 2 aliphatic heterocycles. The summed E-state index contributed by atoms with van der Waals surface area (Å²) in [5.41, 5.74) is 1.38. The average molecular weight is 630 g/mol. The van der Waals surface area contributed by atoms with Gasteiger partial charge in [-0.25, -0.2) is 14.8 Å². The molecule has 236 valence electrons. The zero-order valence-corrected chi connectivity index (χ0v) is 27.0. The van der Waals surface area contributed by atoms with Crippen LogP contribution in [0.5, 0.6) is 0 Å². The van der Waals surface area contributed by atoms with E-state index < -0.39 is 5.60 Å². The SMILES string of the molecule is Cc1cc(Nc2ncnc3sc(C(=O)N4CC(C/C=C/C(=O)OC(C)(C)C)C4)cc23)c(=O)cc2c1C(=O)NC1(CCCCC1)C2. The van der Waals surface area contributed by atoms with E-state index in [2.05, 4.69) is 20.6 Å². The molecule has 1 saturated carbocycles. The van der Waals surface area contributed by atoms with E-state index in [0.29, 0.717) is 58.1 Å². The fraction of sp³-hybridized carbons (Fsp3) is 0.471. The van der Waals surface area contributed by atoms with Crippen molar-refractivity contribution < 1.29 is 19.1 Å². The summed E-state index contributed by atoms with van der Waals surface area (Å²) in [7, 11) is 0. The number of amides is 2. The van der Waals surface area contributed by atoms with Gasteiger partial charge < -0.3 is 20.3 Å². The third kappa shape index (κ3) is 6.63. The van der Waals surface area contributed by atoms with Gasteiger partial charge in [0.15, 0.2) is 0 Å². The second-order valence-electron chi connectivity index (χ2n) is 13.5. The summed E-state index contributed by atoms with van der Waals surface area (Å²) in [6.45, 7) is 8.53. The first-order chi connectivity index (χ1) is 21.4. The molecule has 2 N–H and O–H groups in total. The van der Waals surface area contributed by atoms with Crippen molar-refractivity contribution in [2.24, 2.45) is 5.92 Å². The van der Waals surface area contributed by atoms with E-state index in [1.165, 1.54) is 30.2 Å². The second kappa shape index (κ2) is 12.0. The molecule has 1 saturated heterocycles. The van der Waals surface area contributed by atoms with E-state index in [4.69, 9.17) is 4.74 Å². The summed E-state index contributed by atoms with van der Waals surface area (Å²) in [6, 6.07) is 5.08. The van der Waals surface area contributed by atoms with Crippen molar-refractivity contribution in [2.45, 2.75) is 83.8 Å². The van der Waals surface area contributed by atoms with Crippen LogP contribution >= 0.6 is 11.3 Å².